The number of anilines is 1. The van der Waals surface area contributed by atoms with Gasteiger partial charge in [-0.3, -0.25) is 24.5 Å². The van der Waals surface area contributed by atoms with Crippen molar-refractivity contribution in [3.63, 3.8) is 0 Å². The van der Waals surface area contributed by atoms with Crippen LogP contribution < -0.4 is 10.9 Å². The Hall–Kier alpha value is -2.79. The number of hydrogen-bond acceptors (Lipinski definition) is 8. The number of carbonyl (C=O) groups excluding carboxylic acids is 2. The molecule has 0 bridgehead atoms. The van der Waals surface area contributed by atoms with Gasteiger partial charge >= 0.3 is 5.97 Å². The van der Waals surface area contributed by atoms with Crippen molar-refractivity contribution in [1.82, 2.24) is 19.5 Å². The topological polar surface area (TPSA) is 137 Å². The summed E-state index contributed by atoms with van der Waals surface area (Å²) in [6, 6.07) is 0. The maximum Gasteiger partial charge on any atom is 0.336 e. The molecule has 0 spiro atoms. The lowest BCUT2D eigenvalue weighted by atomic mass is 10.00. The molecule has 31 heavy (non-hydrogen) atoms. The van der Waals surface area contributed by atoms with Crippen LogP contribution in [0.1, 0.15) is 47.8 Å². The van der Waals surface area contributed by atoms with Gasteiger partial charge < -0.3 is 14.2 Å². The second kappa shape index (κ2) is 8.39. The van der Waals surface area contributed by atoms with E-state index in [0.717, 1.165) is 0 Å². The number of aromatic nitrogens is 4. The average molecular weight is 435 g/mol. The minimum Gasteiger partial charge on any atom is -0.458 e. The van der Waals surface area contributed by atoms with Gasteiger partial charge in [-0.2, -0.15) is 4.98 Å². The molecule has 1 saturated heterocycles. The third-order valence-electron chi connectivity index (χ3n) is 4.95. The summed E-state index contributed by atoms with van der Waals surface area (Å²) >= 11 is 0. The van der Waals surface area contributed by atoms with E-state index in [-0.39, 0.29) is 34.9 Å². The van der Waals surface area contributed by atoms with E-state index in [4.69, 9.17) is 14.2 Å². The van der Waals surface area contributed by atoms with Crippen molar-refractivity contribution >= 4 is 29.0 Å². The number of hydrogen-bond donors (Lipinski definition) is 2. The van der Waals surface area contributed by atoms with Crippen molar-refractivity contribution < 1.29 is 23.8 Å². The number of methoxy groups -OCH3 is 1. The summed E-state index contributed by atoms with van der Waals surface area (Å²) in [5.74, 6) is -1.41. The van der Waals surface area contributed by atoms with Crippen molar-refractivity contribution in [3.8, 4) is 0 Å². The van der Waals surface area contributed by atoms with Gasteiger partial charge in [0.25, 0.3) is 5.56 Å². The highest BCUT2D eigenvalue weighted by Gasteiger charge is 2.48. The molecule has 0 radical (unpaired) electrons. The summed E-state index contributed by atoms with van der Waals surface area (Å²) in [7, 11) is 1.52. The third-order valence-corrected chi connectivity index (χ3v) is 4.95. The van der Waals surface area contributed by atoms with Crippen LogP contribution in [-0.4, -0.2) is 56.3 Å². The maximum absolute atomic E-state index is 12.7. The lowest BCUT2D eigenvalue weighted by molar-refractivity contribution is -0.171. The highest BCUT2D eigenvalue weighted by atomic mass is 16.6. The molecule has 2 aromatic heterocycles. The number of H-pyrrole nitrogens is 1. The van der Waals surface area contributed by atoms with E-state index in [1.54, 1.807) is 34.6 Å². The van der Waals surface area contributed by atoms with E-state index in [1.807, 2.05) is 6.92 Å². The van der Waals surface area contributed by atoms with Crippen molar-refractivity contribution in [2.24, 2.45) is 11.8 Å². The summed E-state index contributed by atoms with van der Waals surface area (Å²) in [6.07, 6.45) is -0.758. The standard InChI is InChI=1S/C20H29N5O6/c1-9(2)15(26)23-19-22-14-11(16(27)24-19)21-8-25(14)17-12(29-7)10(3)13(30-17)18(28)31-20(4,5)6/h8-10,12-13,17H,1-7H3,(H2,22,23,24,26,27)/t10-,12+,13-,17+/m0/s1. The van der Waals surface area contributed by atoms with Crippen LogP contribution in [0.2, 0.25) is 0 Å². The quantitative estimate of drug-likeness (QED) is 0.676. The summed E-state index contributed by atoms with van der Waals surface area (Å²) < 4.78 is 18.6. The van der Waals surface area contributed by atoms with Crippen LogP contribution >= 0.6 is 0 Å². The smallest absolute Gasteiger partial charge is 0.336 e. The Kier molecular flexibility index (Phi) is 6.19. The molecule has 0 aromatic carbocycles. The second-order valence-corrected chi connectivity index (χ2v) is 8.92. The molecule has 0 unspecified atom stereocenters. The Labute approximate surface area is 179 Å². The lowest BCUT2D eigenvalue weighted by Gasteiger charge is -2.23. The zero-order chi connectivity index (χ0) is 23.1. The molecule has 1 amide bonds. The number of ether oxygens (including phenoxy) is 3. The molecule has 1 aliphatic rings. The fraction of sp³-hybridized carbons (Fsp3) is 0.650. The predicted molar refractivity (Wildman–Crippen MR) is 111 cm³/mol. The van der Waals surface area contributed by atoms with E-state index in [1.165, 1.54) is 18.0 Å². The molecule has 170 valence electrons. The van der Waals surface area contributed by atoms with Gasteiger partial charge in [0.1, 0.15) is 11.7 Å². The highest BCUT2D eigenvalue weighted by molar-refractivity contribution is 5.91. The van der Waals surface area contributed by atoms with Crippen LogP contribution in [0, 0.1) is 11.8 Å². The van der Waals surface area contributed by atoms with Gasteiger partial charge in [-0.05, 0) is 20.8 Å². The largest absolute Gasteiger partial charge is 0.458 e. The lowest BCUT2D eigenvalue weighted by Crippen LogP contribution is -2.35. The predicted octanol–water partition coefficient (Wildman–Crippen LogP) is 1.60. The number of imidazole rings is 1. The molecule has 4 atom stereocenters. The zero-order valence-electron chi connectivity index (χ0n) is 18.8. The van der Waals surface area contributed by atoms with Crippen LogP contribution in [0.3, 0.4) is 0 Å². The SMILES string of the molecule is CO[C@@H]1[C@H](C)[C@@H](C(=O)OC(C)(C)C)O[C@H]1n1cnc2c(=O)[nH]c(NC(=O)C(C)C)nc21. The van der Waals surface area contributed by atoms with Crippen LogP contribution in [0.5, 0.6) is 0 Å². The molecule has 11 nitrogen and oxygen atoms in total. The first kappa shape index (κ1) is 22.9. The Balaban J connectivity index is 1.98. The number of amides is 1. The van der Waals surface area contributed by atoms with Crippen molar-refractivity contribution in [1.29, 1.82) is 0 Å². The number of esters is 1. The van der Waals surface area contributed by atoms with Gasteiger partial charge in [-0.15, -0.1) is 0 Å². The van der Waals surface area contributed by atoms with Crippen LogP contribution in [0.15, 0.2) is 11.1 Å². The first-order chi connectivity index (χ1) is 14.4. The van der Waals surface area contributed by atoms with Gasteiger partial charge in [0.05, 0.1) is 6.33 Å². The van der Waals surface area contributed by atoms with Crippen LogP contribution in [-0.2, 0) is 23.8 Å². The first-order valence-electron chi connectivity index (χ1n) is 10.1. The first-order valence-corrected chi connectivity index (χ1v) is 10.1. The molecule has 0 aliphatic carbocycles. The Morgan fingerprint density at radius 3 is 2.58 bits per heavy atom. The minimum absolute atomic E-state index is 0.00153. The molecule has 1 aliphatic heterocycles. The minimum atomic E-state index is -0.867. The number of carbonyl (C=O) groups is 2. The Morgan fingerprint density at radius 2 is 2.00 bits per heavy atom. The molecule has 2 N–H and O–H groups in total. The van der Waals surface area contributed by atoms with E-state index >= 15 is 0 Å². The van der Waals surface area contributed by atoms with Gasteiger partial charge in [0, 0.05) is 18.9 Å². The summed E-state index contributed by atoms with van der Waals surface area (Å²) in [6.45, 7) is 10.6. The number of aromatic amines is 1. The molecule has 3 rings (SSSR count). The summed E-state index contributed by atoms with van der Waals surface area (Å²) in [5.41, 5.74) is -0.895. The summed E-state index contributed by atoms with van der Waals surface area (Å²) in [4.78, 5) is 48.1. The molecule has 3 heterocycles. The van der Waals surface area contributed by atoms with Crippen molar-refractivity contribution in [3.05, 3.63) is 16.7 Å². The second-order valence-electron chi connectivity index (χ2n) is 8.92. The van der Waals surface area contributed by atoms with E-state index in [0.29, 0.717) is 0 Å². The van der Waals surface area contributed by atoms with E-state index < -0.39 is 35.6 Å². The van der Waals surface area contributed by atoms with E-state index in [2.05, 4.69) is 20.3 Å². The van der Waals surface area contributed by atoms with Gasteiger partial charge in [0.15, 0.2) is 23.5 Å². The molecular weight excluding hydrogens is 406 g/mol. The fourth-order valence-corrected chi connectivity index (χ4v) is 3.40. The highest BCUT2D eigenvalue weighted by Crippen LogP contribution is 2.37. The van der Waals surface area contributed by atoms with Crippen molar-refractivity contribution in [2.45, 2.75) is 65.6 Å². The average Bonchev–Trinajstić information content (AvgIpc) is 3.21. The normalized spacial score (nSPS) is 24.0. The maximum atomic E-state index is 12.7. The van der Waals surface area contributed by atoms with Gasteiger partial charge in [-0.1, -0.05) is 20.8 Å². The van der Waals surface area contributed by atoms with Crippen LogP contribution in [0.25, 0.3) is 11.2 Å². The zero-order valence-corrected chi connectivity index (χ0v) is 18.8. The van der Waals surface area contributed by atoms with Gasteiger partial charge in [-0.25, -0.2) is 9.78 Å². The fourth-order valence-electron chi connectivity index (χ4n) is 3.40. The number of nitrogens with zero attached hydrogens (tertiary/aromatic N) is 3. The Bertz CT molecular complexity index is 1040. The molecule has 2 aromatic rings. The number of nitrogens with one attached hydrogen (secondary N) is 2. The Morgan fingerprint density at radius 1 is 1.32 bits per heavy atom. The van der Waals surface area contributed by atoms with E-state index in [9.17, 15) is 14.4 Å². The monoisotopic (exact) mass is 435 g/mol. The summed E-state index contributed by atoms with van der Waals surface area (Å²) in [5, 5.41) is 2.58. The van der Waals surface area contributed by atoms with Crippen molar-refractivity contribution in [2.75, 3.05) is 12.4 Å². The van der Waals surface area contributed by atoms with Gasteiger partial charge in [0.2, 0.25) is 11.9 Å². The van der Waals surface area contributed by atoms with Crippen LogP contribution in [0.4, 0.5) is 5.95 Å². The number of fused-ring (bicyclic) bond motifs is 1. The molecule has 1 fully saturated rings. The molecular formula is C20H29N5O6. The third kappa shape index (κ3) is 4.62. The molecule has 11 heteroatoms. The molecule has 0 saturated carbocycles. The number of rotatable bonds is 5.